The average molecular weight is 343 g/mol. The molecule has 130 valence electrons. The van der Waals surface area contributed by atoms with Gasteiger partial charge in [0.25, 0.3) is 11.5 Å². The molecule has 25 heavy (non-hydrogen) atoms. The molecule has 0 saturated carbocycles. The lowest BCUT2D eigenvalue weighted by molar-refractivity contribution is 0.0732. The predicted molar refractivity (Wildman–Crippen MR) is 87.9 cm³/mol. The normalized spacial score (nSPS) is 18.6. The zero-order valence-corrected chi connectivity index (χ0v) is 13.7. The molecular weight excluding hydrogens is 326 g/mol. The molecule has 1 aromatic carbocycles. The van der Waals surface area contributed by atoms with Gasteiger partial charge >= 0.3 is 5.69 Å². The lowest BCUT2D eigenvalue weighted by Crippen LogP contribution is -2.38. The number of amides is 1. The Balaban J connectivity index is 1.68. The fourth-order valence-electron chi connectivity index (χ4n) is 3.35. The third kappa shape index (κ3) is 2.59. The van der Waals surface area contributed by atoms with Crippen LogP contribution in [0.4, 0.5) is 0 Å². The number of benzene rings is 1. The van der Waals surface area contributed by atoms with Crippen LogP contribution in [0, 0.1) is 0 Å². The SMILES string of the molecule is Cn1cc(C(=O)N2CCCC2c2ccc3c(c2)OCO3)c(=O)[nH]c1=O. The van der Waals surface area contributed by atoms with Crippen molar-refractivity contribution in [1.82, 2.24) is 14.5 Å². The van der Waals surface area contributed by atoms with E-state index >= 15 is 0 Å². The molecule has 2 aliphatic heterocycles. The molecule has 0 bridgehead atoms. The third-order valence-corrected chi connectivity index (χ3v) is 4.63. The summed E-state index contributed by atoms with van der Waals surface area (Å²) in [5.41, 5.74) is -0.300. The molecule has 0 spiro atoms. The lowest BCUT2D eigenvalue weighted by Gasteiger charge is -2.25. The number of carbonyl (C=O) groups is 1. The Hall–Kier alpha value is -3.03. The number of hydrogen-bond acceptors (Lipinski definition) is 5. The zero-order chi connectivity index (χ0) is 17.6. The molecule has 1 amide bonds. The number of aromatic amines is 1. The van der Waals surface area contributed by atoms with Gasteiger partial charge < -0.3 is 18.9 Å². The van der Waals surface area contributed by atoms with Crippen LogP contribution in [0.2, 0.25) is 0 Å². The number of rotatable bonds is 2. The number of H-pyrrole nitrogens is 1. The molecule has 8 nitrogen and oxygen atoms in total. The van der Waals surface area contributed by atoms with E-state index in [0.717, 1.165) is 18.4 Å². The monoisotopic (exact) mass is 343 g/mol. The van der Waals surface area contributed by atoms with Gasteiger partial charge in [-0.25, -0.2) is 4.79 Å². The Bertz CT molecular complexity index is 961. The second kappa shape index (κ2) is 5.80. The molecular formula is C17H17N3O5. The Morgan fingerprint density at radius 2 is 2.04 bits per heavy atom. The van der Waals surface area contributed by atoms with E-state index in [-0.39, 0.29) is 24.3 Å². The predicted octanol–water partition coefficient (Wildman–Crippen LogP) is 0.780. The van der Waals surface area contributed by atoms with Crippen molar-refractivity contribution >= 4 is 5.91 Å². The number of aromatic nitrogens is 2. The number of carbonyl (C=O) groups excluding carboxylic acids is 1. The van der Waals surface area contributed by atoms with Gasteiger partial charge in [-0.2, -0.15) is 0 Å². The van der Waals surface area contributed by atoms with Crippen molar-refractivity contribution in [1.29, 1.82) is 0 Å². The number of fused-ring (bicyclic) bond motifs is 1. The van der Waals surface area contributed by atoms with Crippen LogP contribution in [0.15, 0.2) is 34.0 Å². The molecule has 1 fully saturated rings. The van der Waals surface area contributed by atoms with Crippen molar-refractivity contribution in [3.8, 4) is 11.5 Å². The van der Waals surface area contributed by atoms with Crippen molar-refractivity contribution in [2.45, 2.75) is 18.9 Å². The van der Waals surface area contributed by atoms with Gasteiger partial charge in [0, 0.05) is 19.8 Å². The summed E-state index contributed by atoms with van der Waals surface area (Å²) in [6.07, 6.45) is 2.93. The second-order valence-electron chi connectivity index (χ2n) is 6.18. The second-order valence-corrected chi connectivity index (χ2v) is 6.18. The molecule has 0 radical (unpaired) electrons. The number of aryl methyl sites for hydroxylation is 1. The van der Waals surface area contributed by atoms with Crippen molar-refractivity contribution in [2.24, 2.45) is 7.05 Å². The minimum atomic E-state index is -0.663. The first-order valence-electron chi connectivity index (χ1n) is 8.05. The van der Waals surface area contributed by atoms with E-state index in [1.54, 1.807) is 4.90 Å². The smallest absolute Gasteiger partial charge is 0.328 e. The van der Waals surface area contributed by atoms with Gasteiger partial charge in [0.2, 0.25) is 6.79 Å². The van der Waals surface area contributed by atoms with Crippen molar-refractivity contribution in [2.75, 3.05) is 13.3 Å². The highest BCUT2D eigenvalue weighted by Crippen LogP contribution is 2.39. The molecule has 4 rings (SSSR count). The minimum Gasteiger partial charge on any atom is -0.454 e. The summed E-state index contributed by atoms with van der Waals surface area (Å²) in [5.74, 6) is 0.975. The average Bonchev–Trinajstić information content (AvgIpc) is 3.25. The van der Waals surface area contributed by atoms with E-state index in [4.69, 9.17) is 9.47 Å². The largest absolute Gasteiger partial charge is 0.454 e. The van der Waals surface area contributed by atoms with Crippen LogP contribution in [-0.2, 0) is 7.05 Å². The molecule has 2 aromatic rings. The number of hydrogen-bond donors (Lipinski definition) is 1. The van der Waals surface area contributed by atoms with Crippen molar-refractivity contribution in [3.63, 3.8) is 0 Å². The molecule has 2 aliphatic rings. The maximum absolute atomic E-state index is 12.9. The van der Waals surface area contributed by atoms with Crippen molar-refractivity contribution in [3.05, 3.63) is 56.4 Å². The zero-order valence-electron chi connectivity index (χ0n) is 13.7. The molecule has 1 unspecified atom stereocenters. The maximum atomic E-state index is 12.9. The number of nitrogens with one attached hydrogen (secondary N) is 1. The van der Waals surface area contributed by atoms with Gasteiger partial charge in [0.05, 0.1) is 6.04 Å². The van der Waals surface area contributed by atoms with Gasteiger partial charge in [-0.1, -0.05) is 6.07 Å². The molecule has 1 saturated heterocycles. The Morgan fingerprint density at radius 3 is 2.88 bits per heavy atom. The summed E-state index contributed by atoms with van der Waals surface area (Å²) in [6.45, 7) is 0.750. The molecule has 1 N–H and O–H groups in total. The summed E-state index contributed by atoms with van der Waals surface area (Å²) in [6, 6.07) is 5.48. The number of likely N-dealkylation sites (tertiary alicyclic amines) is 1. The molecule has 0 aliphatic carbocycles. The van der Waals surface area contributed by atoms with Crippen LogP contribution in [0.5, 0.6) is 11.5 Å². The van der Waals surface area contributed by atoms with Crippen LogP contribution in [-0.4, -0.2) is 33.7 Å². The Kier molecular flexibility index (Phi) is 3.60. The fourth-order valence-corrected chi connectivity index (χ4v) is 3.35. The molecule has 3 heterocycles. The summed E-state index contributed by atoms with van der Waals surface area (Å²) in [4.78, 5) is 40.2. The highest BCUT2D eigenvalue weighted by Gasteiger charge is 2.33. The van der Waals surface area contributed by atoms with Gasteiger partial charge in [-0.3, -0.25) is 14.6 Å². The number of nitrogens with zero attached hydrogens (tertiary/aromatic N) is 2. The Morgan fingerprint density at radius 1 is 1.24 bits per heavy atom. The van der Waals surface area contributed by atoms with Crippen LogP contribution in [0.3, 0.4) is 0 Å². The number of ether oxygens (including phenoxy) is 2. The maximum Gasteiger partial charge on any atom is 0.328 e. The quantitative estimate of drug-likeness (QED) is 0.870. The van der Waals surface area contributed by atoms with E-state index in [1.165, 1.54) is 17.8 Å². The summed E-state index contributed by atoms with van der Waals surface area (Å²) in [7, 11) is 1.49. The van der Waals surface area contributed by atoms with Crippen LogP contribution in [0.1, 0.15) is 34.8 Å². The fraction of sp³-hybridized carbons (Fsp3) is 0.353. The molecule has 1 aromatic heterocycles. The lowest BCUT2D eigenvalue weighted by atomic mass is 10.0. The van der Waals surface area contributed by atoms with E-state index < -0.39 is 11.2 Å². The van der Waals surface area contributed by atoms with Crippen LogP contribution in [0.25, 0.3) is 0 Å². The molecule has 8 heteroatoms. The van der Waals surface area contributed by atoms with Crippen LogP contribution < -0.4 is 20.7 Å². The van der Waals surface area contributed by atoms with Gasteiger partial charge in [0.15, 0.2) is 11.5 Å². The summed E-state index contributed by atoms with van der Waals surface area (Å²) < 4.78 is 11.9. The van der Waals surface area contributed by atoms with E-state index in [2.05, 4.69) is 4.98 Å². The third-order valence-electron chi connectivity index (χ3n) is 4.63. The summed E-state index contributed by atoms with van der Waals surface area (Å²) in [5, 5.41) is 0. The van der Waals surface area contributed by atoms with Gasteiger partial charge in [-0.15, -0.1) is 0 Å². The van der Waals surface area contributed by atoms with Gasteiger partial charge in [-0.05, 0) is 30.5 Å². The van der Waals surface area contributed by atoms with Crippen LogP contribution >= 0.6 is 0 Å². The summed E-state index contributed by atoms with van der Waals surface area (Å²) >= 11 is 0. The van der Waals surface area contributed by atoms with E-state index in [9.17, 15) is 14.4 Å². The first-order chi connectivity index (χ1) is 12.0. The van der Waals surface area contributed by atoms with Crippen molar-refractivity contribution < 1.29 is 14.3 Å². The van der Waals surface area contributed by atoms with Gasteiger partial charge in [0.1, 0.15) is 5.56 Å². The Labute approximate surface area is 142 Å². The minimum absolute atomic E-state index is 0.0326. The first kappa shape index (κ1) is 15.5. The van der Waals surface area contributed by atoms with E-state index in [1.807, 2.05) is 18.2 Å². The molecule has 1 atom stereocenters. The van der Waals surface area contributed by atoms with E-state index in [0.29, 0.717) is 18.0 Å². The highest BCUT2D eigenvalue weighted by molar-refractivity contribution is 5.94. The topological polar surface area (TPSA) is 93.6 Å². The first-order valence-corrected chi connectivity index (χ1v) is 8.05. The highest BCUT2D eigenvalue weighted by atomic mass is 16.7. The standard InChI is InChI=1S/C17H17N3O5/c1-19-8-11(15(21)18-17(19)23)16(22)20-6-2-3-12(20)10-4-5-13-14(7-10)25-9-24-13/h4-5,7-8,12H,2-3,6,9H2,1H3,(H,18,21,23).